The van der Waals surface area contributed by atoms with Crippen molar-refractivity contribution < 1.29 is 50.1 Å². The molecular weight excluding hydrogens is 456 g/mol. The first-order valence-corrected chi connectivity index (χ1v) is 8.27. The number of nitrogens with zero attached hydrogens (tertiary/aromatic N) is 2. The van der Waals surface area contributed by atoms with Crippen molar-refractivity contribution in [1.82, 2.24) is 9.55 Å². The van der Waals surface area contributed by atoms with Gasteiger partial charge < -0.3 is 10.2 Å². The molecule has 0 aliphatic rings. The molecule has 1 aromatic carbocycles. The van der Waals surface area contributed by atoms with Crippen LogP contribution in [0.1, 0.15) is 28.8 Å². The summed E-state index contributed by atoms with van der Waals surface area (Å²) in [6.45, 7) is 1.43. The number of aromatic nitrogens is 2. The Morgan fingerprint density at radius 3 is 1.93 bits per heavy atom. The van der Waals surface area contributed by atoms with E-state index in [2.05, 4.69) is 4.98 Å². The lowest BCUT2D eigenvalue weighted by atomic mass is 9.92. The average Bonchev–Trinajstić information content (AvgIpc) is 2.89. The average molecular weight is 467 g/mol. The first-order valence-electron chi connectivity index (χ1n) is 7.89. The quantitative estimate of drug-likeness (QED) is 0.638. The van der Waals surface area contributed by atoms with Crippen LogP contribution in [0, 0.1) is 11.6 Å². The third-order valence-corrected chi connectivity index (χ3v) is 4.46. The summed E-state index contributed by atoms with van der Waals surface area (Å²) in [6.07, 6.45) is -14.7. The molecule has 2 rings (SSSR count). The van der Waals surface area contributed by atoms with Crippen molar-refractivity contribution >= 4 is 17.6 Å². The van der Waals surface area contributed by atoms with Gasteiger partial charge in [-0.15, -0.1) is 0 Å². The third kappa shape index (κ3) is 3.95. The maximum Gasteiger partial charge on any atom is 0.426 e. The number of carbonyl (C=O) groups is 1. The van der Waals surface area contributed by atoms with Crippen LogP contribution in [0.2, 0.25) is 5.15 Å². The van der Waals surface area contributed by atoms with E-state index in [4.69, 9.17) is 16.7 Å². The topological polar surface area (TPSA) is 75.3 Å². The molecule has 2 aromatic rings. The molecule has 30 heavy (non-hydrogen) atoms. The summed E-state index contributed by atoms with van der Waals surface area (Å²) in [5, 5.41) is 17.5. The lowest BCUT2D eigenvalue weighted by molar-refractivity contribution is -0.367. The number of rotatable bonds is 5. The Hall–Kier alpha value is -2.41. The van der Waals surface area contributed by atoms with E-state index in [0.29, 0.717) is 4.57 Å². The minimum Gasteiger partial charge on any atom is -0.476 e. The number of aromatic carboxylic acids is 1. The molecule has 1 aromatic heterocycles. The Kier molecular flexibility index (Phi) is 6.12. The minimum atomic E-state index is -6.18. The highest BCUT2D eigenvalue weighted by molar-refractivity contribution is 6.32. The van der Waals surface area contributed by atoms with E-state index < -0.39 is 64.1 Å². The Morgan fingerprint density at radius 1 is 1.10 bits per heavy atom. The molecule has 1 heterocycles. The molecule has 0 spiro atoms. The highest BCUT2D eigenvalue weighted by Gasteiger charge is 2.70. The number of aliphatic hydroxyl groups is 1. The van der Waals surface area contributed by atoms with E-state index in [1.165, 1.54) is 6.92 Å². The third-order valence-electron chi connectivity index (χ3n) is 4.11. The van der Waals surface area contributed by atoms with Gasteiger partial charge >= 0.3 is 18.3 Å². The summed E-state index contributed by atoms with van der Waals surface area (Å²) in [5.74, 6) is -5.17. The highest BCUT2D eigenvalue weighted by Crippen LogP contribution is 2.45. The van der Waals surface area contributed by atoms with Crippen LogP contribution >= 0.6 is 11.6 Å². The molecule has 14 heteroatoms. The molecule has 0 unspecified atom stereocenters. The van der Waals surface area contributed by atoms with Crippen LogP contribution in [-0.4, -0.2) is 43.7 Å². The van der Waals surface area contributed by atoms with Gasteiger partial charge in [-0.3, -0.25) is 4.57 Å². The summed E-state index contributed by atoms with van der Waals surface area (Å²) in [5.41, 5.74) is -8.22. The molecule has 0 bridgehead atoms. The first kappa shape index (κ1) is 23.9. The normalized spacial score (nSPS) is 13.0. The monoisotopic (exact) mass is 466 g/mol. The predicted molar refractivity (Wildman–Crippen MR) is 85.6 cm³/mol. The second kappa shape index (κ2) is 7.69. The Bertz CT molecular complexity index is 947. The van der Waals surface area contributed by atoms with Crippen molar-refractivity contribution in [2.24, 2.45) is 0 Å². The van der Waals surface area contributed by atoms with Crippen molar-refractivity contribution in [3.05, 3.63) is 46.0 Å². The molecule has 0 fully saturated rings. The van der Waals surface area contributed by atoms with Gasteiger partial charge in [0.2, 0.25) is 0 Å². The van der Waals surface area contributed by atoms with Crippen LogP contribution in [0.25, 0.3) is 5.69 Å². The zero-order valence-corrected chi connectivity index (χ0v) is 15.4. The SMILES string of the molecule is CCc1nc(C(=O)O)c(Cl)n1-c1c(F)cc(CC(O)(C(F)(F)F)C(F)(F)F)cc1F. The molecular formula is C16H11ClF8N2O3. The van der Waals surface area contributed by atoms with Crippen molar-refractivity contribution in [3.63, 3.8) is 0 Å². The van der Waals surface area contributed by atoms with Gasteiger partial charge in [-0.1, -0.05) is 18.5 Å². The molecule has 0 amide bonds. The Labute approximate surface area is 167 Å². The number of carboxylic acid groups (broad SMARTS) is 1. The number of imidazole rings is 1. The van der Waals surface area contributed by atoms with Crippen LogP contribution < -0.4 is 0 Å². The minimum absolute atomic E-state index is 0.0739. The van der Waals surface area contributed by atoms with Crippen molar-refractivity contribution in [2.75, 3.05) is 0 Å². The van der Waals surface area contributed by atoms with Crippen LogP contribution in [0.15, 0.2) is 12.1 Å². The van der Waals surface area contributed by atoms with Gasteiger partial charge in [0, 0.05) is 12.8 Å². The van der Waals surface area contributed by atoms with Crippen LogP contribution in [0.5, 0.6) is 0 Å². The van der Waals surface area contributed by atoms with Gasteiger partial charge in [0.25, 0.3) is 5.60 Å². The molecule has 0 saturated heterocycles. The fourth-order valence-corrected chi connectivity index (χ4v) is 2.94. The van der Waals surface area contributed by atoms with Gasteiger partial charge in [-0.25, -0.2) is 18.6 Å². The van der Waals surface area contributed by atoms with E-state index in [9.17, 15) is 45.0 Å². The van der Waals surface area contributed by atoms with Gasteiger partial charge in [0.1, 0.15) is 16.7 Å². The highest BCUT2D eigenvalue weighted by atomic mass is 35.5. The number of hydrogen-bond acceptors (Lipinski definition) is 3. The number of aryl methyl sites for hydroxylation is 1. The fraction of sp³-hybridized carbons (Fsp3) is 0.375. The zero-order chi connectivity index (χ0) is 23.2. The van der Waals surface area contributed by atoms with Crippen molar-refractivity contribution in [3.8, 4) is 5.69 Å². The molecule has 5 nitrogen and oxygen atoms in total. The second-order valence-corrected chi connectivity index (χ2v) is 6.46. The second-order valence-electron chi connectivity index (χ2n) is 6.10. The maximum absolute atomic E-state index is 14.5. The van der Waals surface area contributed by atoms with Crippen molar-refractivity contribution in [1.29, 1.82) is 0 Å². The lowest BCUT2D eigenvalue weighted by Crippen LogP contribution is -2.58. The predicted octanol–water partition coefficient (Wildman–Crippen LogP) is 4.46. The largest absolute Gasteiger partial charge is 0.476 e. The van der Waals surface area contributed by atoms with E-state index in [-0.39, 0.29) is 24.4 Å². The van der Waals surface area contributed by atoms with E-state index in [0.717, 1.165) is 0 Å². The summed E-state index contributed by atoms with van der Waals surface area (Å²) >= 11 is 5.80. The van der Waals surface area contributed by atoms with Crippen LogP contribution in [0.4, 0.5) is 35.1 Å². The summed E-state index contributed by atoms with van der Waals surface area (Å²) in [7, 11) is 0. The molecule has 2 N–H and O–H groups in total. The molecule has 166 valence electrons. The number of benzene rings is 1. The Balaban J connectivity index is 2.64. The van der Waals surface area contributed by atoms with Gasteiger partial charge in [0.05, 0.1) is 0 Å². The van der Waals surface area contributed by atoms with Crippen molar-refractivity contribution in [2.45, 2.75) is 37.7 Å². The number of halogens is 9. The molecule has 0 aliphatic heterocycles. The molecule has 0 radical (unpaired) electrons. The van der Waals surface area contributed by atoms with Gasteiger partial charge in [-0.05, 0) is 17.7 Å². The number of alkyl halides is 6. The first-order chi connectivity index (χ1) is 13.5. The summed E-state index contributed by atoms with van der Waals surface area (Å²) in [6, 6.07) is 0.300. The van der Waals surface area contributed by atoms with Gasteiger partial charge in [-0.2, -0.15) is 26.3 Å². The lowest BCUT2D eigenvalue weighted by Gasteiger charge is -2.32. The van der Waals surface area contributed by atoms with E-state index in [1.54, 1.807) is 0 Å². The summed E-state index contributed by atoms with van der Waals surface area (Å²) in [4.78, 5) is 14.7. The van der Waals surface area contributed by atoms with Crippen LogP contribution in [-0.2, 0) is 12.8 Å². The smallest absolute Gasteiger partial charge is 0.426 e. The van der Waals surface area contributed by atoms with Crippen LogP contribution in [0.3, 0.4) is 0 Å². The summed E-state index contributed by atoms with van der Waals surface area (Å²) < 4.78 is 107. The standard InChI is InChI=1S/C16H11ClF8N2O3/c1-2-9-26-10(13(28)29)12(17)27(9)11-7(18)3-6(4-8(11)19)5-14(30,15(20,21)22)16(23,24)25/h3-4,30H,2,5H2,1H3,(H,28,29). The number of carboxylic acids is 1. The number of hydrogen-bond donors (Lipinski definition) is 2. The Morgan fingerprint density at radius 2 is 1.57 bits per heavy atom. The van der Waals surface area contributed by atoms with Gasteiger partial charge in [0.15, 0.2) is 17.3 Å². The van der Waals surface area contributed by atoms with E-state index in [1.807, 2.05) is 0 Å². The van der Waals surface area contributed by atoms with E-state index >= 15 is 0 Å². The molecule has 0 atom stereocenters. The molecule has 0 saturated carbocycles. The fourth-order valence-electron chi connectivity index (χ4n) is 2.64. The molecule has 0 aliphatic carbocycles. The zero-order valence-electron chi connectivity index (χ0n) is 14.7. The maximum atomic E-state index is 14.5.